The summed E-state index contributed by atoms with van der Waals surface area (Å²) in [4.78, 5) is 11.3. The van der Waals surface area contributed by atoms with Crippen LogP contribution in [0.25, 0.3) is 5.69 Å². The van der Waals surface area contributed by atoms with Crippen LogP contribution >= 0.6 is 0 Å². The van der Waals surface area contributed by atoms with Crippen molar-refractivity contribution >= 4 is 5.91 Å². The monoisotopic (exact) mass is 270 g/mol. The summed E-state index contributed by atoms with van der Waals surface area (Å²) in [6, 6.07) is 7.88. The fourth-order valence-electron chi connectivity index (χ4n) is 2.95. The maximum absolute atomic E-state index is 11.3. The molecule has 3 rings (SSSR count). The number of rotatable bonds is 2. The molecule has 2 aromatic rings. The van der Waals surface area contributed by atoms with E-state index in [4.69, 9.17) is 10.5 Å². The average molecular weight is 270 g/mol. The number of nitrogens with two attached hydrogens (primary N) is 1. The first-order valence-corrected chi connectivity index (χ1v) is 6.73. The van der Waals surface area contributed by atoms with Crippen LogP contribution in [0, 0.1) is 20.8 Å². The van der Waals surface area contributed by atoms with Gasteiger partial charge in [-0.2, -0.15) is 0 Å². The summed E-state index contributed by atoms with van der Waals surface area (Å²) in [5.41, 5.74) is 11.0. The van der Waals surface area contributed by atoms with Crippen LogP contribution in [0.15, 0.2) is 24.3 Å². The van der Waals surface area contributed by atoms with Crippen molar-refractivity contribution in [1.82, 2.24) is 4.57 Å². The third-order valence-corrected chi connectivity index (χ3v) is 4.13. The summed E-state index contributed by atoms with van der Waals surface area (Å²) in [7, 11) is 0. The van der Waals surface area contributed by atoms with Crippen molar-refractivity contribution in [2.24, 2.45) is 5.73 Å². The summed E-state index contributed by atoms with van der Waals surface area (Å²) < 4.78 is 8.19. The Labute approximate surface area is 118 Å². The molecule has 20 heavy (non-hydrogen) atoms. The minimum Gasteiger partial charge on any atom is -0.481 e. The molecule has 0 aliphatic carbocycles. The molecule has 2 N–H and O–H groups in total. The minimum atomic E-state index is -0.350. The van der Waals surface area contributed by atoms with Crippen LogP contribution in [0.4, 0.5) is 0 Å². The zero-order valence-corrected chi connectivity index (χ0v) is 11.9. The van der Waals surface area contributed by atoms with Crippen LogP contribution < -0.4 is 10.5 Å². The fraction of sp³-hybridized carbons (Fsp3) is 0.312. The average Bonchev–Trinajstić information content (AvgIpc) is 2.64. The number of primary amides is 1. The second-order valence-corrected chi connectivity index (χ2v) is 5.30. The molecule has 0 spiro atoms. The van der Waals surface area contributed by atoms with Crippen molar-refractivity contribution in [3.63, 3.8) is 0 Å². The highest BCUT2D eigenvalue weighted by molar-refractivity contribution is 5.75. The molecule has 4 heteroatoms. The molecule has 0 fully saturated rings. The maximum atomic E-state index is 11.3. The number of hydrogen-bond donors (Lipinski definition) is 1. The van der Waals surface area contributed by atoms with E-state index in [-0.39, 0.29) is 18.4 Å². The first-order chi connectivity index (χ1) is 9.50. The van der Waals surface area contributed by atoms with Crippen molar-refractivity contribution in [1.29, 1.82) is 0 Å². The van der Waals surface area contributed by atoms with Gasteiger partial charge in [0.2, 0.25) is 5.91 Å². The van der Waals surface area contributed by atoms with Gasteiger partial charge in [0.05, 0.1) is 17.8 Å². The van der Waals surface area contributed by atoms with Crippen LogP contribution in [0.1, 0.15) is 35.0 Å². The molecule has 1 aromatic heterocycles. The van der Waals surface area contributed by atoms with E-state index in [1.165, 1.54) is 16.8 Å². The molecular weight excluding hydrogens is 252 g/mol. The predicted molar refractivity (Wildman–Crippen MR) is 77.2 cm³/mol. The van der Waals surface area contributed by atoms with Crippen molar-refractivity contribution < 1.29 is 9.53 Å². The van der Waals surface area contributed by atoms with Gasteiger partial charge in [-0.3, -0.25) is 4.79 Å². The number of hydrogen-bond acceptors (Lipinski definition) is 2. The molecule has 1 unspecified atom stereocenters. The normalized spacial score (nSPS) is 16.2. The molecule has 2 heterocycles. The van der Waals surface area contributed by atoms with E-state index in [0.29, 0.717) is 0 Å². The summed E-state index contributed by atoms with van der Waals surface area (Å²) in [6.45, 7) is 6.26. The van der Waals surface area contributed by atoms with Gasteiger partial charge in [-0.1, -0.05) is 12.1 Å². The second kappa shape index (κ2) is 4.40. The molecule has 1 atom stereocenters. The van der Waals surface area contributed by atoms with E-state index in [1.54, 1.807) is 0 Å². The third-order valence-electron chi connectivity index (χ3n) is 4.13. The number of amides is 1. The molecule has 1 aromatic carbocycles. The number of para-hydroxylation sites is 2. The van der Waals surface area contributed by atoms with Gasteiger partial charge in [-0.15, -0.1) is 0 Å². The molecule has 104 valence electrons. The molecule has 0 bridgehead atoms. The highest BCUT2D eigenvalue weighted by Crippen LogP contribution is 2.41. The molecular formula is C16H18N2O2. The smallest absolute Gasteiger partial charge is 0.221 e. The lowest BCUT2D eigenvalue weighted by molar-refractivity contribution is -0.119. The molecule has 1 amide bonds. The summed E-state index contributed by atoms with van der Waals surface area (Å²) in [5.74, 6) is 0.446. The number of nitrogens with zero attached hydrogens (tertiary/aromatic N) is 1. The maximum Gasteiger partial charge on any atom is 0.221 e. The Balaban J connectivity index is 2.26. The van der Waals surface area contributed by atoms with Crippen molar-refractivity contribution in [3.8, 4) is 11.4 Å². The minimum absolute atomic E-state index is 0.193. The molecule has 1 aliphatic rings. The van der Waals surface area contributed by atoms with E-state index in [9.17, 15) is 4.79 Å². The highest BCUT2D eigenvalue weighted by atomic mass is 16.5. The van der Waals surface area contributed by atoms with E-state index >= 15 is 0 Å². The third kappa shape index (κ3) is 1.72. The van der Waals surface area contributed by atoms with Crippen molar-refractivity contribution in [3.05, 3.63) is 46.8 Å². The Bertz CT molecular complexity index is 701. The number of ether oxygens (including phenoxy) is 1. The van der Waals surface area contributed by atoms with E-state index in [1.807, 2.05) is 24.3 Å². The first-order valence-electron chi connectivity index (χ1n) is 6.73. The van der Waals surface area contributed by atoms with Crippen molar-refractivity contribution in [2.75, 3.05) is 0 Å². The summed E-state index contributed by atoms with van der Waals surface area (Å²) >= 11 is 0. The fourth-order valence-corrected chi connectivity index (χ4v) is 2.95. The van der Waals surface area contributed by atoms with Crippen LogP contribution in [0.2, 0.25) is 0 Å². The standard InChI is InChI=1S/C16H18N2O2/c1-9-10(2)16-14(8-15(17)19)20-13-7-5-4-6-12(13)18(16)11(9)3/h4-7,14H,8H2,1-3H3,(H2,17,19). The number of carbonyl (C=O) groups is 1. The Morgan fingerprint density at radius 3 is 2.65 bits per heavy atom. The number of aromatic nitrogens is 1. The van der Waals surface area contributed by atoms with Crippen molar-refractivity contribution in [2.45, 2.75) is 33.3 Å². The predicted octanol–water partition coefficient (Wildman–Crippen LogP) is 2.71. The topological polar surface area (TPSA) is 57.2 Å². The van der Waals surface area contributed by atoms with Gasteiger partial charge >= 0.3 is 0 Å². The molecule has 1 aliphatic heterocycles. The Kier molecular flexibility index (Phi) is 2.82. The molecule has 0 saturated heterocycles. The van der Waals surface area contributed by atoms with Gasteiger partial charge in [-0.05, 0) is 44.0 Å². The Morgan fingerprint density at radius 2 is 1.95 bits per heavy atom. The van der Waals surface area contributed by atoms with Crippen LogP contribution in [0.5, 0.6) is 5.75 Å². The lowest BCUT2D eigenvalue weighted by Crippen LogP contribution is -2.25. The largest absolute Gasteiger partial charge is 0.481 e. The van der Waals surface area contributed by atoms with Gasteiger partial charge in [0.25, 0.3) is 0 Å². The second-order valence-electron chi connectivity index (χ2n) is 5.30. The number of carbonyl (C=O) groups excluding carboxylic acids is 1. The van der Waals surface area contributed by atoms with Gasteiger partial charge in [0.15, 0.2) is 0 Å². The van der Waals surface area contributed by atoms with Gasteiger partial charge in [0, 0.05) is 5.69 Å². The van der Waals surface area contributed by atoms with Crippen LogP contribution in [-0.2, 0) is 4.79 Å². The lowest BCUT2D eigenvalue weighted by atomic mass is 10.0. The molecule has 0 radical (unpaired) electrons. The molecule has 4 nitrogen and oxygen atoms in total. The zero-order valence-electron chi connectivity index (χ0n) is 11.9. The SMILES string of the molecule is Cc1c(C)c2n(c1C)-c1ccccc1OC2CC(N)=O. The van der Waals surface area contributed by atoms with E-state index in [0.717, 1.165) is 17.1 Å². The lowest BCUT2D eigenvalue weighted by Gasteiger charge is -2.29. The van der Waals surface area contributed by atoms with Crippen LogP contribution in [-0.4, -0.2) is 10.5 Å². The van der Waals surface area contributed by atoms with E-state index < -0.39 is 0 Å². The number of fused-ring (bicyclic) bond motifs is 3. The van der Waals surface area contributed by atoms with Gasteiger partial charge in [-0.25, -0.2) is 0 Å². The van der Waals surface area contributed by atoms with Gasteiger partial charge in [0.1, 0.15) is 11.9 Å². The summed E-state index contributed by atoms with van der Waals surface area (Å²) in [5, 5.41) is 0. The summed E-state index contributed by atoms with van der Waals surface area (Å²) in [6.07, 6.45) is -0.118. The van der Waals surface area contributed by atoms with Gasteiger partial charge < -0.3 is 15.0 Å². The van der Waals surface area contributed by atoms with E-state index in [2.05, 4.69) is 25.3 Å². The quantitative estimate of drug-likeness (QED) is 0.912. The zero-order chi connectivity index (χ0) is 14.4. The Hall–Kier alpha value is -2.23. The molecule has 0 saturated carbocycles. The Morgan fingerprint density at radius 1 is 1.25 bits per heavy atom. The highest BCUT2D eigenvalue weighted by Gasteiger charge is 2.31. The number of benzene rings is 1. The van der Waals surface area contributed by atoms with Crippen LogP contribution in [0.3, 0.4) is 0 Å². The first kappa shape index (κ1) is 12.8.